The first-order valence-corrected chi connectivity index (χ1v) is 8.82. The molecule has 0 amide bonds. The van der Waals surface area contributed by atoms with Gasteiger partial charge in [-0.2, -0.15) is 10.1 Å². The highest BCUT2D eigenvalue weighted by Crippen LogP contribution is 2.32. The van der Waals surface area contributed by atoms with Gasteiger partial charge >= 0.3 is 0 Å². The maximum absolute atomic E-state index is 5.78. The van der Waals surface area contributed by atoms with Gasteiger partial charge in [-0.15, -0.1) is 5.10 Å². The molecule has 4 rings (SSSR count). The summed E-state index contributed by atoms with van der Waals surface area (Å²) in [5.41, 5.74) is 0. The highest BCUT2D eigenvalue weighted by molar-refractivity contribution is 5.41. The van der Waals surface area contributed by atoms with E-state index in [0.717, 1.165) is 31.7 Å². The van der Waals surface area contributed by atoms with Gasteiger partial charge in [-0.3, -0.25) is 0 Å². The van der Waals surface area contributed by atoms with Gasteiger partial charge in [0.15, 0.2) is 11.6 Å². The molecule has 0 bridgehead atoms. The topological polar surface area (TPSA) is 72.4 Å². The highest BCUT2D eigenvalue weighted by Gasteiger charge is 2.40. The Bertz CT molecular complexity index is 519. The lowest BCUT2D eigenvalue weighted by Gasteiger charge is -2.37. The van der Waals surface area contributed by atoms with Crippen LogP contribution in [0.3, 0.4) is 0 Å². The minimum absolute atomic E-state index is 0.347. The number of aromatic nitrogens is 3. The summed E-state index contributed by atoms with van der Waals surface area (Å²) in [5.74, 6) is 1.20. The molecule has 0 atom stereocenters. The van der Waals surface area contributed by atoms with Gasteiger partial charge in [0.25, 0.3) is 0 Å². The van der Waals surface area contributed by atoms with Crippen LogP contribution in [0.4, 0.5) is 11.8 Å². The van der Waals surface area contributed by atoms with Crippen LogP contribution in [0.1, 0.15) is 44.9 Å². The van der Waals surface area contributed by atoms with Crippen molar-refractivity contribution in [2.24, 2.45) is 0 Å². The molecular formula is C16H25N5O2. The fraction of sp³-hybridized carbons (Fsp3) is 0.812. The second kappa shape index (κ2) is 6.57. The molecule has 7 nitrogen and oxygen atoms in total. The number of nitrogens with one attached hydrogen (secondary N) is 1. The molecule has 2 aliphatic heterocycles. The number of anilines is 2. The number of rotatable bonds is 3. The third-order valence-corrected chi connectivity index (χ3v) is 5.15. The zero-order valence-electron chi connectivity index (χ0n) is 13.5. The molecule has 1 aromatic heterocycles. The minimum atomic E-state index is -0.347. The van der Waals surface area contributed by atoms with Crippen LogP contribution < -0.4 is 10.2 Å². The number of nitrogens with zero attached hydrogens (tertiary/aromatic N) is 4. The molecular weight excluding hydrogens is 294 g/mol. The standard InChI is InChI=1S/C16H25N5O2/c1-2-4-13(5-3-1)18-15-19-14(12-17-20-15)21-8-6-16(7-9-21)22-10-11-23-16/h12-13H,1-11H2,(H,18,19,20). The summed E-state index contributed by atoms with van der Waals surface area (Å²) >= 11 is 0. The van der Waals surface area contributed by atoms with Crippen LogP contribution in [0.2, 0.25) is 0 Å². The van der Waals surface area contributed by atoms with Gasteiger partial charge < -0.3 is 19.7 Å². The maximum Gasteiger partial charge on any atom is 0.244 e. The average Bonchev–Trinajstić information content (AvgIpc) is 3.05. The van der Waals surface area contributed by atoms with Gasteiger partial charge in [0.2, 0.25) is 5.95 Å². The first-order valence-electron chi connectivity index (χ1n) is 8.82. The summed E-state index contributed by atoms with van der Waals surface area (Å²) in [6.45, 7) is 3.18. The van der Waals surface area contributed by atoms with Gasteiger partial charge in [0, 0.05) is 32.0 Å². The summed E-state index contributed by atoms with van der Waals surface area (Å²) in [4.78, 5) is 6.91. The zero-order chi connectivity index (χ0) is 15.5. The third kappa shape index (κ3) is 3.40. The lowest BCUT2D eigenvalue weighted by Crippen LogP contribution is -2.45. The number of hydrogen-bond donors (Lipinski definition) is 1. The Labute approximate surface area is 136 Å². The van der Waals surface area contributed by atoms with Gasteiger partial charge in [-0.25, -0.2) is 0 Å². The summed E-state index contributed by atoms with van der Waals surface area (Å²) in [5, 5.41) is 11.7. The second-order valence-electron chi connectivity index (χ2n) is 6.71. The first kappa shape index (κ1) is 15.1. The Balaban J connectivity index is 1.38. The van der Waals surface area contributed by atoms with Crippen molar-refractivity contribution in [2.45, 2.75) is 56.8 Å². The molecule has 1 aromatic rings. The second-order valence-corrected chi connectivity index (χ2v) is 6.71. The van der Waals surface area contributed by atoms with Crippen molar-refractivity contribution in [3.63, 3.8) is 0 Å². The van der Waals surface area contributed by atoms with Crippen molar-refractivity contribution in [3.05, 3.63) is 6.20 Å². The van der Waals surface area contributed by atoms with Crippen molar-refractivity contribution in [2.75, 3.05) is 36.5 Å². The van der Waals surface area contributed by atoms with Crippen molar-refractivity contribution in [1.29, 1.82) is 0 Å². The molecule has 1 aliphatic carbocycles. The van der Waals surface area contributed by atoms with Crippen LogP contribution in [0.15, 0.2) is 6.20 Å². The third-order valence-electron chi connectivity index (χ3n) is 5.15. The van der Waals surface area contributed by atoms with Gasteiger partial charge in [0.1, 0.15) is 0 Å². The molecule has 1 N–H and O–H groups in total. The van der Waals surface area contributed by atoms with Crippen molar-refractivity contribution in [3.8, 4) is 0 Å². The molecule has 1 spiro atoms. The van der Waals surface area contributed by atoms with Crippen molar-refractivity contribution < 1.29 is 9.47 Å². The van der Waals surface area contributed by atoms with Crippen LogP contribution in [0, 0.1) is 0 Å². The largest absolute Gasteiger partial charge is 0.355 e. The molecule has 1 saturated carbocycles. The lowest BCUT2D eigenvalue weighted by atomic mass is 9.96. The Morgan fingerprint density at radius 1 is 1.09 bits per heavy atom. The Hall–Kier alpha value is -1.47. The maximum atomic E-state index is 5.78. The van der Waals surface area contributed by atoms with Crippen LogP contribution in [-0.4, -0.2) is 53.3 Å². The first-order chi connectivity index (χ1) is 11.3. The van der Waals surface area contributed by atoms with Gasteiger partial charge in [-0.05, 0) is 12.8 Å². The molecule has 3 heterocycles. The van der Waals surface area contributed by atoms with E-state index >= 15 is 0 Å². The number of piperidine rings is 1. The quantitative estimate of drug-likeness (QED) is 0.913. The molecule has 3 aliphatic rings. The van der Waals surface area contributed by atoms with Crippen molar-refractivity contribution in [1.82, 2.24) is 15.2 Å². The van der Waals surface area contributed by atoms with E-state index in [1.54, 1.807) is 6.20 Å². The van der Waals surface area contributed by atoms with Gasteiger partial charge in [-0.1, -0.05) is 19.3 Å². The monoisotopic (exact) mass is 319 g/mol. The predicted octanol–water partition coefficient (Wildman–Crippen LogP) is 1.96. The summed E-state index contributed by atoms with van der Waals surface area (Å²) in [6.07, 6.45) is 9.84. The Morgan fingerprint density at radius 2 is 1.83 bits per heavy atom. The normalized spacial score (nSPS) is 25.0. The minimum Gasteiger partial charge on any atom is -0.355 e. The fourth-order valence-corrected chi connectivity index (χ4v) is 3.80. The number of hydrogen-bond acceptors (Lipinski definition) is 7. The van der Waals surface area contributed by atoms with Crippen molar-refractivity contribution >= 4 is 11.8 Å². The van der Waals surface area contributed by atoms with E-state index in [1.807, 2.05) is 0 Å². The molecule has 0 unspecified atom stereocenters. The van der Waals surface area contributed by atoms with Crippen LogP contribution in [-0.2, 0) is 9.47 Å². The highest BCUT2D eigenvalue weighted by atomic mass is 16.7. The van der Waals surface area contributed by atoms with E-state index in [1.165, 1.54) is 32.1 Å². The zero-order valence-corrected chi connectivity index (χ0v) is 13.5. The molecule has 23 heavy (non-hydrogen) atoms. The molecule has 7 heteroatoms. The SMILES string of the molecule is c1nnc(NC2CCCCC2)nc1N1CCC2(CC1)OCCO2. The average molecular weight is 319 g/mol. The summed E-state index contributed by atoms with van der Waals surface area (Å²) in [7, 11) is 0. The van der Waals surface area contributed by atoms with E-state index in [0.29, 0.717) is 25.2 Å². The van der Waals surface area contributed by atoms with E-state index in [2.05, 4.69) is 25.4 Å². The molecule has 0 radical (unpaired) electrons. The van der Waals surface area contributed by atoms with E-state index < -0.39 is 0 Å². The molecule has 126 valence electrons. The molecule has 0 aromatic carbocycles. The smallest absolute Gasteiger partial charge is 0.244 e. The summed E-state index contributed by atoms with van der Waals surface area (Å²) in [6, 6.07) is 0.491. The van der Waals surface area contributed by atoms with Crippen LogP contribution in [0.5, 0.6) is 0 Å². The molecule has 3 fully saturated rings. The summed E-state index contributed by atoms with van der Waals surface area (Å²) < 4.78 is 11.6. The lowest BCUT2D eigenvalue weighted by molar-refractivity contribution is -0.169. The Morgan fingerprint density at radius 3 is 2.57 bits per heavy atom. The predicted molar refractivity (Wildman–Crippen MR) is 86.4 cm³/mol. The number of ether oxygens (including phenoxy) is 2. The Kier molecular flexibility index (Phi) is 4.31. The van der Waals surface area contributed by atoms with E-state index in [-0.39, 0.29) is 5.79 Å². The van der Waals surface area contributed by atoms with E-state index in [4.69, 9.17) is 9.47 Å². The van der Waals surface area contributed by atoms with Gasteiger partial charge in [0.05, 0.1) is 19.4 Å². The van der Waals surface area contributed by atoms with Crippen LogP contribution in [0.25, 0.3) is 0 Å². The van der Waals surface area contributed by atoms with Crippen LogP contribution >= 0.6 is 0 Å². The molecule has 2 saturated heterocycles. The fourth-order valence-electron chi connectivity index (χ4n) is 3.80. The van der Waals surface area contributed by atoms with E-state index in [9.17, 15) is 0 Å².